The summed E-state index contributed by atoms with van der Waals surface area (Å²) in [5.74, 6) is 0.561. The molecular weight excluding hydrogens is 182 g/mol. The van der Waals surface area contributed by atoms with Gasteiger partial charge in [0, 0.05) is 13.2 Å². The first-order chi connectivity index (χ1) is 6.81. The lowest BCUT2D eigenvalue weighted by Crippen LogP contribution is -2.07. The van der Waals surface area contributed by atoms with Crippen molar-refractivity contribution in [2.45, 2.75) is 13.2 Å². The molecule has 2 aromatic rings. The van der Waals surface area contributed by atoms with Gasteiger partial charge in [-0.2, -0.15) is 0 Å². The van der Waals surface area contributed by atoms with E-state index in [2.05, 4.69) is 15.2 Å². The third kappa shape index (κ3) is 1.51. The quantitative estimate of drug-likeness (QED) is 0.717. The summed E-state index contributed by atoms with van der Waals surface area (Å²) in [5.41, 5.74) is 1.04. The molecule has 6 nitrogen and oxygen atoms in total. The number of nitrogens with zero attached hydrogens (tertiary/aromatic N) is 5. The Morgan fingerprint density at radius 1 is 1.43 bits per heavy atom. The maximum absolute atomic E-state index is 8.96. The fourth-order valence-electron chi connectivity index (χ4n) is 1.24. The highest BCUT2D eigenvalue weighted by atomic mass is 16.3. The lowest BCUT2D eigenvalue weighted by molar-refractivity contribution is 0.265. The second kappa shape index (κ2) is 3.59. The van der Waals surface area contributed by atoms with E-state index in [0.717, 1.165) is 5.69 Å². The normalized spacial score (nSPS) is 10.7. The number of aliphatic hydroxyl groups is 1. The van der Waals surface area contributed by atoms with Gasteiger partial charge >= 0.3 is 0 Å². The molecule has 14 heavy (non-hydrogen) atoms. The molecule has 0 aliphatic rings. The first kappa shape index (κ1) is 8.89. The van der Waals surface area contributed by atoms with Crippen LogP contribution in [0.1, 0.15) is 11.5 Å². The molecule has 74 valence electrons. The third-order valence-corrected chi connectivity index (χ3v) is 2.09. The van der Waals surface area contributed by atoms with Gasteiger partial charge in [0.2, 0.25) is 0 Å². The molecule has 2 heterocycles. The topological polar surface area (TPSA) is 68.8 Å². The lowest BCUT2D eigenvalue weighted by Gasteiger charge is -2.04. The lowest BCUT2D eigenvalue weighted by atomic mass is 10.4. The van der Waals surface area contributed by atoms with Crippen LogP contribution in [0.15, 0.2) is 18.9 Å². The van der Waals surface area contributed by atoms with Gasteiger partial charge in [0.1, 0.15) is 12.9 Å². The minimum absolute atomic E-state index is 0.0994. The SMILES string of the molecule is Cn1cncc1Cn1cnnc1CO. The molecule has 0 saturated heterocycles. The predicted octanol–water partition coefficient (Wildman–Crippen LogP) is -0.448. The van der Waals surface area contributed by atoms with Gasteiger partial charge in [-0.3, -0.25) is 0 Å². The van der Waals surface area contributed by atoms with Crippen molar-refractivity contribution in [1.82, 2.24) is 24.3 Å². The van der Waals surface area contributed by atoms with Crippen molar-refractivity contribution in [3.05, 3.63) is 30.4 Å². The monoisotopic (exact) mass is 193 g/mol. The van der Waals surface area contributed by atoms with Crippen LogP contribution in [-0.4, -0.2) is 29.4 Å². The van der Waals surface area contributed by atoms with E-state index in [1.807, 2.05) is 11.6 Å². The fraction of sp³-hybridized carbons (Fsp3) is 0.375. The van der Waals surface area contributed by atoms with Crippen LogP contribution in [0.4, 0.5) is 0 Å². The van der Waals surface area contributed by atoms with Crippen LogP contribution in [0.5, 0.6) is 0 Å². The fourth-order valence-corrected chi connectivity index (χ4v) is 1.24. The smallest absolute Gasteiger partial charge is 0.158 e. The van der Waals surface area contributed by atoms with Gasteiger partial charge in [-0.25, -0.2) is 4.98 Å². The predicted molar refractivity (Wildman–Crippen MR) is 48.3 cm³/mol. The highest BCUT2D eigenvalue weighted by molar-refractivity contribution is 5.00. The van der Waals surface area contributed by atoms with Gasteiger partial charge in [-0.1, -0.05) is 0 Å². The van der Waals surface area contributed by atoms with Gasteiger partial charge in [0.15, 0.2) is 5.82 Å². The standard InChI is InChI=1S/C8H11N5O/c1-12-5-9-2-7(12)3-13-6-10-11-8(13)4-14/h2,5-6,14H,3-4H2,1H3. The van der Waals surface area contributed by atoms with Gasteiger partial charge in [-0.15, -0.1) is 10.2 Å². The molecule has 0 fully saturated rings. The van der Waals surface area contributed by atoms with Crippen molar-refractivity contribution in [2.75, 3.05) is 0 Å². The van der Waals surface area contributed by atoms with Crippen LogP contribution in [0.25, 0.3) is 0 Å². The largest absolute Gasteiger partial charge is 0.388 e. The van der Waals surface area contributed by atoms with Crippen LogP contribution in [0, 0.1) is 0 Å². The third-order valence-electron chi connectivity index (χ3n) is 2.09. The van der Waals surface area contributed by atoms with E-state index in [1.165, 1.54) is 0 Å². The summed E-state index contributed by atoms with van der Waals surface area (Å²) in [4.78, 5) is 4.00. The van der Waals surface area contributed by atoms with E-state index >= 15 is 0 Å². The van der Waals surface area contributed by atoms with Crippen LogP contribution in [0.3, 0.4) is 0 Å². The van der Waals surface area contributed by atoms with Gasteiger partial charge < -0.3 is 14.2 Å². The zero-order valence-electron chi connectivity index (χ0n) is 7.83. The van der Waals surface area contributed by atoms with E-state index in [9.17, 15) is 0 Å². The molecule has 0 aliphatic heterocycles. The number of hydrogen-bond donors (Lipinski definition) is 1. The zero-order chi connectivity index (χ0) is 9.97. The summed E-state index contributed by atoms with van der Waals surface area (Å²) >= 11 is 0. The Labute approximate surface area is 80.8 Å². The van der Waals surface area contributed by atoms with Gasteiger partial charge in [-0.05, 0) is 0 Å². The first-order valence-electron chi connectivity index (χ1n) is 4.24. The maximum Gasteiger partial charge on any atom is 0.158 e. The number of aryl methyl sites for hydroxylation is 1. The molecular formula is C8H11N5O. The van der Waals surface area contributed by atoms with Crippen LogP contribution in [-0.2, 0) is 20.2 Å². The average molecular weight is 193 g/mol. The molecule has 0 atom stereocenters. The summed E-state index contributed by atoms with van der Waals surface area (Å²) < 4.78 is 3.71. The molecule has 0 spiro atoms. The Hall–Kier alpha value is -1.69. The molecule has 2 aromatic heterocycles. The van der Waals surface area contributed by atoms with Crippen LogP contribution < -0.4 is 0 Å². The Kier molecular flexibility index (Phi) is 2.28. The highest BCUT2D eigenvalue weighted by Crippen LogP contribution is 2.02. The van der Waals surface area contributed by atoms with Crippen molar-refractivity contribution in [2.24, 2.45) is 7.05 Å². The van der Waals surface area contributed by atoms with Gasteiger partial charge in [0.25, 0.3) is 0 Å². The van der Waals surface area contributed by atoms with Crippen molar-refractivity contribution in [3.63, 3.8) is 0 Å². The molecule has 0 bridgehead atoms. The van der Waals surface area contributed by atoms with E-state index in [4.69, 9.17) is 5.11 Å². The number of rotatable bonds is 3. The van der Waals surface area contributed by atoms with Crippen LogP contribution in [0.2, 0.25) is 0 Å². The molecule has 0 radical (unpaired) electrons. The number of hydrogen-bond acceptors (Lipinski definition) is 4. The summed E-state index contributed by atoms with van der Waals surface area (Å²) in [6, 6.07) is 0. The Balaban J connectivity index is 2.22. The Bertz CT molecular complexity index is 419. The summed E-state index contributed by atoms with van der Waals surface area (Å²) in [5, 5.41) is 16.5. The number of aliphatic hydroxyl groups excluding tert-OH is 1. The molecule has 0 unspecified atom stereocenters. The maximum atomic E-state index is 8.96. The van der Waals surface area contributed by atoms with Crippen molar-refractivity contribution in [3.8, 4) is 0 Å². The van der Waals surface area contributed by atoms with Crippen molar-refractivity contribution in [1.29, 1.82) is 0 Å². The van der Waals surface area contributed by atoms with Gasteiger partial charge in [0.05, 0.1) is 18.6 Å². The van der Waals surface area contributed by atoms with E-state index in [0.29, 0.717) is 12.4 Å². The number of imidazole rings is 1. The van der Waals surface area contributed by atoms with E-state index < -0.39 is 0 Å². The van der Waals surface area contributed by atoms with E-state index in [-0.39, 0.29) is 6.61 Å². The van der Waals surface area contributed by atoms with Crippen LogP contribution >= 0.6 is 0 Å². The second-order valence-electron chi connectivity index (χ2n) is 3.03. The minimum Gasteiger partial charge on any atom is -0.388 e. The molecule has 0 amide bonds. The van der Waals surface area contributed by atoms with Crippen molar-refractivity contribution >= 4 is 0 Å². The Morgan fingerprint density at radius 3 is 2.93 bits per heavy atom. The average Bonchev–Trinajstić information content (AvgIpc) is 2.77. The highest BCUT2D eigenvalue weighted by Gasteiger charge is 2.05. The Morgan fingerprint density at radius 2 is 2.29 bits per heavy atom. The zero-order valence-corrected chi connectivity index (χ0v) is 7.83. The second-order valence-corrected chi connectivity index (χ2v) is 3.03. The molecule has 1 N–H and O–H groups in total. The summed E-state index contributed by atoms with van der Waals surface area (Å²) in [6.45, 7) is 0.525. The molecule has 0 aromatic carbocycles. The van der Waals surface area contributed by atoms with E-state index in [1.54, 1.807) is 23.4 Å². The summed E-state index contributed by atoms with van der Waals surface area (Å²) in [7, 11) is 1.92. The first-order valence-corrected chi connectivity index (χ1v) is 4.24. The summed E-state index contributed by atoms with van der Waals surface area (Å²) in [6.07, 6.45) is 5.11. The molecule has 0 saturated carbocycles. The minimum atomic E-state index is -0.0994. The molecule has 6 heteroatoms. The van der Waals surface area contributed by atoms with Crippen molar-refractivity contribution < 1.29 is 5.11 Å². The molecule has 2 rings (SSSR count). The molecule has 0 aliphatic carbocycles. The number of aromatic nitrogens is 5.